The van der Waals surface area contributed by atoms with E-state index < -0.39 is 5.60 Å². The van der Waals surface area contributed by atoms with Gasteiger partial charge in [-0.1, -0.05) is 30.3 Å². The highest BCUT2D eigenvalue weighted by atomic mass is 16.3. The van der Waals surface area contributed by atoms with Gasteiger partial charge in [-0.2, -0.15) is 0 Å². The number of benzene rings is 1. The second-order valence-electron chi connectivity index (χ2n) is 10.5. The third kappa shape index (κ3) is 3.34. The molecule has 2 N–H and O–H groups in total. The zero-order valence-electron chi connectivity index (χ0n) is 17.0. The van der Waals surface area contributed by atoms with Crippen LogP contribution in [0.1, 0.15) is 65.4 Å². The summed E-state index contributed by atoms with van der Waals surface area (Å²) >= 11 is 0. The van der Waals surface area contributed by atoms with Gasteiger partial charge >= 0.3 is 0 Å². The number of nitrogens with zero attached hydrogens (tertiary/aromatic N) is 1. The molecule has 0 unspecified atom stereocenters. The van der Waals surface area contributed by atoms with E-state index in [2.05, 4.69) is 62.2 Å². The number of likely N-dealkylation sites (tertiary alicyclic amines) is 1. The second-order valence-corrected chi connectivity index (χ2v) is 10.5. The number of rotatable bonds is 2. The molecule has 3 atom stereocenters. The van der Waals surface area contributed by atoms with Crippen LogP contribution in [0.25, 0.3) is 0 Å². The van der Waals surface area contributed by atoms with Crippen LogP contribution in [0, 0.1) is 11.8 Å². The first-order valence-electron chi connectivity index (χ1n) is 10.5. The summed E-state index contributed by atoms with van der Waals surface area (Å²) in [4.78, 5) is 2.72. The first-order chi connectivity index (χ1) is 12.2. The molecule has 3 fully saturated rings. The van der Waals surface area contributed by atoms with Crippen molar-refractivity contribution in [2.24, 2.45) is 11.8 Å². The number of piperidine rings is 1. The molecule has 26 heavy (non-hydrogen) atoms. The van der Waals surface area contributed by atoms with Crippen LogP contribution >= 0.6 is 0 Å². The predicted octanol–water partition coefficient (Wildman–Crippen LogP) is 3.92. The van der Waals surface area contributed by atoms with Gasteiger partial charge in [-0.05, 0) is 71.3 Å². The van der Waals surface area contributed by atoms with E-state index >= 15 is 0 Å². The summed E-state index contributed by atoms with van der Waals surface area (Å²) in [6.45, 7) is 11.6. The van der Waals surface area contributed by atoms with E-state index in [4.69, 9.17) is 0 Å². The Kier molecular flexibility index (Phi) is 4.49. The minimum atomic E-state index is -0.642. The average Bonchev–Trinajstić information content (AvgIpc) is 2.99. The van der Waals surface area contributed by atoms with Gasteiger partial charge < -0.3 is 10.4 Å². The minimum absolute atomic E-state index is 0.177. The van der Waals surface area contributed by atoms with Gasteiger partial charge in [-0.3, -0.25) is 4.90 Å². The van der Waals surface area contributed by atoms with Crippen molar-refractivity contribution in [2.45, 2.75) is 82.5 Å². The second kappa shape index (κ2) is 6.32. The van der Waals surface area contributed by atoms with Crippen LogP contribution in [0.5, 0.6) is 0 Å². The zero-order valence-corrected chi connectivity index (χ0v) is 17.0. The lowest BCUT2D eigenvalue weighted by Gasteiger charge is -2.49. The fourth-order valence-corrected chi connectivity index (χ4v) is 6.47. The fourth-order valence-electron chi connectivity index (χ4n) is 6.47. The molecule has 1 aliphatic carbocycles. The topological polar surface area (TPSA) is 35.5 Å². The van der Waals surface area contributed by atoms with Crippen molar-refractivity contribution >= 4 is 0 Å². The van der Waals surface area contributed by atoms with Crippen LogP contribution in [0.2, 0.25) is 0 Å². The summed E-state index contributed by atoms with van der Waals surface area (Å²) in [5.41, 5.74) is 0.838. The number of hydrogen-bond acceptors (Lipinski definition) is 3. The molecule has 1 saturated carbocycles. The average molecular weight is 357 g/mol. The maximum Gasteiger partial charge on any atom is 0.0939 e. The van der Waals surface area contributed by atoms with Gasteiger partial charge in [0.05, 0.1) is 5.60 Å². The van der Waals surface area contributed by atoms with Gasteiger partial charge in [-0.15, -0.1) is 0 Å². The summed E-state index contributed by atoms with van der Waals surface area (Å²) < 4.78 is 0. The van der Waals surface area contributed by atoms with Crippen LogP contribution in [0.4, 0.5) is 0 Å². The lowest BCUT2D eigenvalue weighted by Crippen LogP contribution is -2.62. The highest BCUT2D eigenvalue weighted by Crippen LogP contribution is 2.49. The number of fused-ring (bicyclic) bond motifs is 1. The molecule has 0 aromatic heterocycles. The molecule has 2 heterocycles. The third-order valence-corrected chi connectivity index (χ3v) is 7.17. The Labute approximate surface area is 159 Å². The van der Waals surface area contributed by atoms with E-state index in [-0.39, 0.29) is 11.1 Å². The number of nitrogens with one attached hydrogen (secondary N) is 1. The van der Waals surface area contributed by atoms with E-state index in [1.165, 1.54) is 19.3 Å². The molecule has 2 saturated heterocycles. The fraction of sp³-hybridized carbons (Fsp3) is 0.739. The van der Waals surface area contributed by atoms with E-state index in [0.29, 0.717) is 17.9 Å². The van der Waals surface area contributed by atoms with Crippen LogP contribution in [0.15, 0.2) is 30.3 Å². The molecule has 3 aliphatic rings. The van der Waals surface area contributed by atoms with Gasteiger partial charge in [0.1, 0.15) is 0 Å². The summed E-state index contributed by atoms with van der Waals surface area (Å²) in [6.07, 6.45) is 5.71. The molecule has 2 aliphatic heterocycles. The van der Waals surface area contributed by atoms with Crippen molar-refractivity contribution in [3.05, 3.63) is 35.9 Å². The number of aliphatic hydroxyl groups is 1. The van der Waals surface area contributed by atoms with Crippen molar-refractivity contribution in [1.29, 1.82) is 0 Å². The molecular weight excluding hydrogens is 320 g/mol. The Bertz CT molecular complexity index is 625. The lowest BCUT2D eigenvalue weighted by atomic mass is 9.67. The zero-order chi connectivity index (χ0) is 18.6. The Morgan fingerprint density at radius 1 is 1.00 bits per heavy atom. The van der Waals surface area contributed by atoms with Gasteiger partial charge in [0, 0.05) is 36.1 Å². The molecular formula is C23H36N2O. The van der Waals surface area contributed by atoms with Gasteiger partial charge in [0.15, 0.2) is 0 Å². The van der Waals surface area contributed by atoms with E-state index in [1.807, 2.05) is 6.07 Å². The predicted molar refractivity (Wildman–Crippen MR) is 107 cm³/mol. The maximum atomic E-state index is 11.7. The van der Waals surface area contributed by atoms with Crippen LogP contribution < -0.4 is 5.32 Å². The largest absolute Gasteiger partial charge is 0.385 e. The minimum Gasteiger partial charge on any atom is -0.385 e. The molecule has 0 amide bonds. The summed E-state index contributed by atoms with van der Waals surface area (Å²) in [7, 11) is 0. The SMILES string of the molecule is CC1(C)CC(N2C[C@@H]3CCC[C@@](O)(c4ccccc4)[C@@H]3C2)CC(C)(C)N1. The molecule has 3 nitrogen and oxygen atoms in total. The lowest BCUT2D eigenvalue weighted by molar-refractivity contribution is -0.0657. The summed E-state index contributed by atoms with van der Waals surface area (Å²) in [6, 6.07) is 11.1. The van der Waals surface area contributed by atoms with Gasteiger partial charge in [0.2, 0.25) is 0 Å². The van der Waals surface area contributed by atoms with E-state index in [9.17, 15) is 5.11 Å². The van der Waals surface area contributed by atoms with Crippen molar-refractivity contribution in [3.63, 3.8) is 0 Å². The first-order valence-corrected chi connectivity index (χ1v) is 10.5. The molecule has 3 heteroatoms. The smallest absolute Gasteiger partial charge is 0.0939 e. The van der Waals surface area contributed by atoms with Gasteiger partial charge in [-0.25, -0.2) is 0 Å². The Morgan fingerprint density at radius 2 is 1.65 bits per heavy atom. The summed E-state index contributed by atoms with van der Waals surface area (Å²) in [5, 5.41) is 15.5. The molecule has 0 radical (unpaired) electrons. The maximum absolute atomic E-state index is 11.7. The quantitative estimate of drug-likeness (QED) is 0.843. The number of hydrogen-bond donors (Lipinski definition) is 2. The third-order valence-electron chi connectivity index (χ3n) is 7.17. The molecule has 4 rings (SSSR count). The summed E-state index contributed by atoms with van der Waals surface area (Å²) in [5.74, 6) is 1.01. The van der Waals surface area contributed by atoms with E-state index in [0.717, 1.165) is 31.5 Å². The molecule has 0 spiro atoms. The van der Waals surface area contributed by atoms with Crippen molar-refractivity contribution in [2.75, 3.05) is 13.1 Å². The highest BCUT2D eigenvalue weighted by Gasteiger charge is 2.52. The van der Waals surface area contributed by atoms with E-state index in [1.54, 1.807) is 0 Å². The Hall–Kier alpha value is -0.900. The Morgan fingerprint density at radius 3 is 2.31 bits per heavy atom. The molecule has 1 aromatic rings. The van der Waals surface area contributed by atoms with Crippen LogP contribution in [-0.4, -0.2) is 40.2 Å². The van der Waals surface area contributed by atoms with Crippen LogP contribution in [0.3, 0.4) is 0 Å². The van der Waals surface area contributed by atoms with Gasteiger partial charge in [0.25, 0.3) is 0 Å². The Balaban J connectivity index is 1.56. The highest BCUT2D eigenvalue weighted by molar-refractivity contribution is 5.25. The van der Waals surface area contributed by atoms with Crippen molar-refractivity contribution in [1.82, 2.24) is 10.2 Å². The van der Waals surface area contributed by atoms with Crippen LogP contribution in [-0.2, 0) is 5.60 Å². The molecule has 0 bridgehead atoms. The molecule has 144 valence electrons. The first kappa shape index (κ1) is 18.5. The normalized spacial score (nSPS) is 37.4. The standard InChI is InChI=1S/C23H36N2O/c1-21(2)13-19(14-22(3,4)24-21)25-15-17-9-8-12-23(26,20(17)16-25)18-10-6-5-7-11-18/h5-7,10-11,17,19-20,24,26H,8-9,12-16H2,1-4H3/t17-,20+,23+/m0/s1. The van der Waals surface area contributed by atoms with Crippen molar-refractivity contribution < 1.29 is 5.11 Å². The van der Waals surface area contributed by atoms with Crippen molar-refractivity contribution in [3.8, 4) is 0 Å². The molecule has 1 aromatic carbocycles. The monoisotopic (exact) mass is 356 g/mol.